The molecule has 0 unspecified atom stereocenters. The third-order valence-electron chi connectivity index (χ3n) is 3.10. The largest absolute Gasteiger partial charge is 0.468 e. The fourth-order valence-corrected chi connectivity index (χ4v) is 1.95. The molecule has 1 rings (SSSR count). The summed E-state index contributed by atoms with van der Waals surface area (Å²) in [5, 5.41) is 8.66. The van der Waals surface area contributed by atoms with E-state index >= 15 is 0 Å². The summed E-state index contributed by atoms with van der Waals surface area (Å²) in [5.41, 5.74) is 0. The van der Waals surface area contributed by atoms with E-state index in [1.165, 1.54) is 7.11 Å². The van der Waals surface area contributed by atoms with Gasteiger partial charge < -0.3 is 14.7 Å². The van der Waals surface area contributed by atoms with Crippen molar-refractivity contribution in [2.24, 2.45) is 0 Å². The Hall–Kier alpha value is -1.14. The number of hydrogen-bond acceptors (Lipinski definition) is 5. The lowest BCUT2D eigenvalue weighted by molar-refractivity contribution is -0.142. The van der Waals surface area contributed by atoms with E-state index in [1.807, 2.05) is 9.80 Å². The molecular weight excluding hydrogens is 236 g/mol. The number of amides is 1. The minimum atomic E-state index is -0.238. The average molecular weight is 258 g/mol. The van der Waals surface area contributed by atoms with Crippen LogP contribution in [-0.2, 0) is 14.3 Å². The lowest BCUT2D eigenvalue weighted by atomic mass is 10.2. The fraction of sp³-hybridized carbons (Fsp3) is 0.833. The molecule has 0 bridgehead atoms. The molecule has 0 aliphatic carbocycles. The van der Waals surface area contributed by atoms with Crippen LogP contribution < -0.4 is 0 Å². The molecule has 0 saturated carbocycles. The summed E-state index contributed by atoms with van der Waals surface area (Å²) < 4.78 is 4.61. The van der Waals surface area contributed by atoms with Crippen molar-refractivity contribution in [1.29, 1.82) is 0 Å². The maximum Gasteiger partial charge on any atom is 0.319 e. The van der Waals surface area contributed by atoms with Crippen LogP contribution in [0.5, 0.6) is 0 Å². The van der Waals surface area contributed by atoms with Gasteiger partial charge in [0.2, 0.25) is 5.91 Å². The second-order valence-electron chi connectivity index (χ2n) is 4.41. The predicted octanol–water partition coefficient (Wildman–Crippen LogP) is -0.534. The van der Waals surface area contributed by atoms with Crippen molar-refractivity contribution in [1.82, 2.24) is 9.80 Å². The minimum absolute atomic E-state index is 0.139. The van der Waals surface area contributed by atoms with Gasteiger partial charge in [-0.1, -0.05) is 0 Å². The molecule has 1 saturated heterocycles. The predicted molar refractivity (Wildman–Crippen MR) is 66.0 cm³/mol. The maximum absolute atomic E-state index is 11.8. The fourth-order valence-electron chi connectivity index (χ4n) is 1.95. The first-order valence-corrected chi connectivity index (χ1v) is 6.35. The number of ether oxygens (including phenoxy) is 1. The van der Waals surface area contributed by atoms with E-state index < -0.39 is 0 Å². The zero-order chi connectivity index (χ0) is 13.4. The Labute approximate surface area is 107 Å². The van der Waals surface area contributed by atoms with Gasteiger partial charge in [0.25, 0.3) is 0 Å². The summed E-state index contributed by atoms with van der Waals surface area (Å²) in [6.07, 6.45) is 1.91. The second kappa shape index (κ2) is 8.05. The minimum Gasteiger partial charge on any atom is -0.468 e. The van der Waals surface area contributed by atoms with Crippen LogP contribution in [-0.4, -0.2) is 73.2 Å². The molecule has 6 nitrogen and oxygen atoms in total. The first-order chi connectivity index (χ1) is 8.67. The Morgan fingerprint density at radius 2 is 1.83 bits per heavy atom. The van der Waals surface area contributed by atoms with E-state index in [1.54, 1.807) is 0 Å². The van der Waals surface area contributed by atoms with E-state index in [-0.39, 0.29) is 18.5 Å². The molecule has 18 heavy (non-hydrogen) atoms. The number of esters is 1. The molecule has 104 valence electrons. The molecule has 0 radical (unpaired) electrons. The van der Waals surface area contributed by atoms with Gasteiger partial charge in [-0.3, -0.25) is 14.5 Å². The SMILES string of the molecule is COC(=O)CN1CCN(C(=O)CCCCO)CC1. The van der Waals surface area contributed by atoms with Crippen molar-refractivity contribution < 1.29 is 19.4 Å². The van der Waals surface area contributed by atoms with Crippen molar-refractivity contribution in [3.05, 3.63) is 0 Å². The molecular formula is C12H22N2O4. The quantitative estimate of drug-likeness (QED) is 0.512. The van der Waals surface area contributed by atoms with Crippen LogP contribution in [0.15, 0.2) is 0 Å². The summed E-state index contributed by atoms with van der Waals surface area (Å²) >= 11 is 0. The highest BCUT2D eigenvalue weighted by Gasteiger charge is 2.21. The lowest BCUT2D eigenvalue weighted by Gasteiger charge is -2.34. The topological polar surface area (TPSA) is 70.1 Å². The Bertz CT molecular complexity index is 275. The van der Waals surface area contributed by atoms with Gasteiger partial charge in [0.15, 0.2) is 0 Å². The first-order valence-electron chi connectivity index (χ1n) is 6.35. The average Bonchev–Trinajstić information content (AvgIpc) is 2.39. The third-order valence-corrected chi connectivity index (χ3v) is 3.10. The number of carbonyl (C=O) groups is 2. The van der Waals surface area contributed by atoms with Crippen LogP contribution in [0, 0.1) is 0 Å². The van der Waals surface area contributed by atoms with Crippen molar-refractivity contribution in [3.63, 3.8) is 0 Å². The van der Waals surface area contributed by atoms with Crippen molar-refractivity contribution in [3.8, 4) is 0 Å². The number of aliphatic hydroxyl groups is 1. The first kappa shape index (κ1) is 14.9. The number of rotatable bonds is 6. The van der Waals surface area contributed by atoms with Crippen LogP contribution in [0.4, 0.5) is 0 Å². The van der Waals surface area contributed by atoms with Crippen LogP contribution in [0.25, 0.3) is 0 Å². The Kier molecular flexibility index (Phi) is 6.67. The van der Waals surface area contributed by atoms with Crippen LogP contribution in [0.1, 0.15) is 19.3 Å². The summed E-state index contributed by atoms with van der Waals surface area (Å²) in [6.45, 7) is 3.18. The summed E-state index contributed by atoms with van der Waals surface area (Å²) in [4.78, 5) is 26.7. The molecule has 0 atom stereocenters. The van der Waals surface area contributed by atoms with Gasteiger partial charge in [-0.05, 0) is 12.8 Å². The van der Waals surface area contributed by atoms with E-state index in [0.29, 0.717) is 45.6 Å². The van der Waals surface area contributed by atoms with E-state index in [2.05, 4.69) is 4.74 Å². The molecule has 0 aromatic carbocycles. The summed E-state index contributed by atoms with van der Waals surface area (Å²) in [5.74, 6) is -0.0982. The van der Waals surface area contributed by atoms with Gasteiger partial charge in [0, 0.05) is 39.2 Å². The number of unbranched alkanes of at least 4 members (excludes halogenated alkanes) is 1. The zero-order valence-electron chi connectivity index (χ0n) is 10.9. The molecule has 1 aliphatic rings. The molecule has 0 aromatic heterocycles. The van der Waals surface area contributed by atoms with Gasteiger partial charge in [-0.2, -0.15) is 0 Å². The van der Waals surface area contributed by atoms with Gasteiger partial charge >= 0.3 is 5.97 Å². The number of methoxy groups -OCH3 is 1. The van der Waals surface area contributed by atoms with E-state index in [0.717, 1.165) is 6.42 Å². The smallest absolute Gasteiger partial charge is 0.319 e. The molecule has 1 N–H and O–H groups in total. The van der Waals surface area contributed by atoms with Gasteiger partial charge in [-0.25, -0.2) is 0 Å². The number of aliphatic hydroxyl groups excluding tert-OH is 1. The molecule has 0 aromatic rings. The van der Waals surface area contributed by atoms with Crippen molar-refractivity contribution in [2.75, 3.05) is 46.4 Å². The molecule has 1 heterocycles. The molecule has 0 spiro atoms. The Morgan fingerprint density at radius 1 is 1.17 bits per heavy atom. The van der Waals surface area contributed by atoms with Crippen molar-refractivity contribution in [2.45, 2.75) is 19.3 Å². The molecule has 6 heteroatoms. The van der Waals surface area contributed by atoms with Gasteiger partial charge in [0.1, 0.15) is 0 Å². The summed E-state index contributed by atoms with van der Waals surface area (Å²) in [6, 6.07) is 0. The molecule has 1 amide bonds. The zero-order valence-corrected chi connectivity index (χ0v) is 10.9. The molecule has 1 fully saturated rings. The van der Waals surface area contributed by atoms with Gasteiger partial charge in [0.05, 0.1) is 13.7 Å². The number of piperazine rings is 1. The maximum atomic E-state index is 11.8. The monoisotopic (exact) mass is 258 g/mol. The Balaban J connectivity index is 2.22. The van der Waals surface area contributed by atoms with Gasteiger partial charge in [-0.15, -0.1) is 0 Å². The van der Waals surface area contributed by atoms with Crippen LogP contribution >= 0.6 is 0 Å². The highest BCUT2D eigenvalue weighted by atomic mass is 16.5. The Morgan fingerprint density at radius 3 is 2.39 bits per heavy atom. The number of carbonyl (C=O) groups excluding carboxylic acids is 2. The number of nitrogens with zero attached hydrogens (tertiary/aromatic N) is 2. The van der Waals surface area contributed by atoms with Crippen LogP contribution in [0.3, 0.4) is 0 Å². The second-order valence-corrected chi connectivity index (χ2v) is 4.41. The van der Waals surface area contributed by atoms with Crippen LogP contribution in [0.2, 0.25) is 0 Å². The van der Waals surface area contributed by atoms with E-state index in [9.17, 15) is 9.59 Å². The highest BCUT2D eigenvalue weighted by molar-refractivity contribution is 5.76. The normalized spacial score (nSPS) is 16.7. The summed E-state index contributed by atoms with van der Waals surface area (Å²) in [7, 11) is 1.38. The van der Waals surface area contributed by atoms with Crippen molar-refractivity contribution >= 4 is 11.9 Å². The lowest BCUT2D eigenvalue weighted by Crippen LogP contribution is -2.50. The molecule has 1 aliphatic heterocycles. The number of hydrogen-bond donors (Lipinski definition) is 1. The van der Waals surface area contributed by atoms with E-state index in [4.69, 9.17) is 5.11 Å². The standard InChI is InChI=1S/C12H22N2O4/c1-18-12(17)10-13-5-7-14(8-6-13)11(16)4-2-3-9-15/h15H,2-10H2,1H3. The third kappa shape index (κ3) is 5.01. The highest BCUT2D eigenvalue weighted by Crippen LogP contribution is 2.06.